The first-order valence-corrected chi connectivity index (χ1v) is 11.8. The van der Waals surface area contributed by atoms with Gasteiger partial charge in [0.2, 0.25) is 11.8 Å². The van der Waals surface area contributed by atoms with E-state index in [4.69, 9.17) is 0 Å². The van der Waals surface area contributed by atoms with Gasteiger partial charge >= 0.3 is 0 Å². The lowest BCUT2D eigenvalue weighted by atomic mass is 10.1. The smallest absolute Gasteiger partial charge is 0.236 e. The number of rotatable bonds is 6. The van der Waals surface area contributed by atoms with Crippen LogP contribution in [0.15, 0.2) is 42.5 Å². The van der Waals surface area contributed by atoms with Crippen LogP contribution < -0.4 is 10.2 Å². The molecule has 8 heteroatoms. The number of hydrogen-bond donors (Lipinski definition) is 2. The van der Waals surface area contributed by atoms with Gasteiger partial charge in [-0.25, -0.2) is 0 Å². The third-order valence-corrected chi connectivity index (χ3v) is 6.74. The number of aromatic hydroxyl groups is 1. The van der Waals surface area contributed by atoms with Gasteiger partial charge in [-0.1, -0.05) is 0 Å². The van der Waals surface area contributed by atoms with Crippen molar-refractivity contribution in [1.29, 1.82) is 0 Å². The molecule has 2 amide bonds. The first-order chi connectivity index (χ1) is 16.3. The molecule has 34 heavy (non-hydrogen) atoms. The molecule has 0 saturated carbocycles. The SMILES string of the molecule is CC(=O)c1ccc(N2CCN(C(=O)CN3CC[C@@H](C(=O)Nc4ccc(O)cc4C)C3)CC2)cc1. The number of aryl methyl sites for hydroxylation is 1. The van der Waals surface area contributed by atoms with Crippen LogP contribution in [0.4, 0.5) is 11.4 Å². The summed E-state index contributed by atoms with van der Waals surface area (Å²) >= 11 is 0. The zero-order valence-corrected chi connectivity index (χ0v) is 19.8. The molecule has 0 aliphatic carbocycles. The summed E-state index contributed by atoms with van der Waals surface area (Å²) in [5.74, 6) is 0.123. The van der Waals surface area contributed by atoms with Gasteiger partial charge in [0.15, 0.2) is 5.78 Å². The standard InChI is InChI=1S/C26H32N4O4/c1-18-15-23(32)7-8-24(18)27-26(34)21-9-10-28(16-21)17-25(33)30-13-11-29(12-14-30)22-5-3-20(4-6-22)19(2)31/h3-8,15,21,32H,9-14,16-17H2,1-2H3,(H,27,34)/t21-/m1/s1. The average Bonchev–Trinajstić information content (AvgIpc) is 3.29. The molecule has 2 saturated heterocycles. The first-order valence-electron chi connectivity index (χ1n) is 11.8. The lowest BCUT2D eigenvalue weighted by Crippen LogP contribution is -2.51. The number of piperazine rings is 1. The van der Waals surface area contributed by atoms with E-state index in [9.17, 15) is 19.5 Å². The number of phenols is 1. The highest BCUT2D eigenvalue weighted by Gasteiger charge is 2.31. The van der Waals surface area contributed by atoms with Gasteiger partial charge in [-0.3, -0.25) is 19.3 Å². The molecule has 0 aromatic heterocycles. The number of carbonyl (C=O) groups excluding carboxylic acids is 3. The molecule has 0 radical (unpaired) electrons. The van der Waals surface area contributed by atoms with Crippen LogP contribution in [-0.4, -0.2) is 78.3 Å². The van der Waals surface area contributed by atoms with E-state index in [-0.39, 0.29) is 29.3 Å². The molecule has 180 valence electrons. The summed E-state index contributed by atoms with van der Waals surface area (Å²) in [5.41, 5.74) is 3.28. The molecule has 4 rings (SSSR count). The minimum Gasteiger partial charge on any atom is -0.508 e. The molecule has 2 N–H and O–H groups in total. The Balaban J connectivity index is 1.23. The second-order valence-electron chi connectivity index (χ2n) is 9.18. The number of likely N-dealkylation sites (tertiary alicyclic amines) is 1. The molecule has 2 aromatic carbocycles. The quantitative estimate of drug-likeness (QED) is 0.504. The summed E-state index contributed by atoms with van der Waals surface area (Å²) < 4.78 is 0. The van der Waals surface area contributed by atoms with Crippen LogP contribution in [0.3, 0.4) is 0 Å². The van der Waals surface area contributed by atoms with Gasteiger partial charge in [0.05, 0.1) is 12.5 Å². The molecule has 2 aliphatic rings. The largest absolute Gasteiger partial charge is 0.508 e. The third kappa shape index (κ3) is 5.56. The number of amides is 2. The maximum Gasteiger partial charge on any atom is 0.236 e. The fourth-order valence-electron chi connectivity index (χ4n) is 4.63. The number of benzene rings is 2. The van der Waals surface area contributed by atoms with Gasteiger partial charge in [0.25, 0.3) is 0 Å². The molecule has 2 heterocycles. The Morgan fingerprint density at radius 1 is 1.00 bits per heavy atom. The fourth-order valence-corrected chi connectivity index (χ4v) is 4.63. The Labute approximate surface area is 200 Å². The summed E-state index contributed by atoms with van der Waals surface area (Å²) in [4.78, 5) is 43.2. The molecule has 2 fully saturated rings. The molecule has 0 bridgehead atoms. The lowest BCUT2D eigenvalue weighted by Gasteiger charge is -2.36. The third-order valence-electron chi connectivity index (χ3n) is 6.74. The molecule has 2 aromatic rings. The Morgan fingerprint density at radius 3 is 2.35 bits per heavy atom. The van der Waals surface area contributed by atoms with Crippen LogP contribution in [0.1, 0.15) is 29.3 Å². The van der Waals surface area contributed by atoms with Crippen molar-refractivity contribution in [2.24, 2.45) is 5.92 Å². The maximum absolute atomic E-state index is 12.9. The molecule has 0 unspecified atom stereocenters. The molecule has 8 nitrogen and oxygen atoms in total. The van der Waals surface area contributed by atoms with Crippen molar-refractivity contribution in [3.05, 3.63) is 53.6 Å². The monoisotopic (exact) mass is 464 g/mol. The van der Waals surface area contributed by atoms with E-state index in [1.54, 1.807) is 25.1 Å². The number of hydrogen-bond acceptors (Lipinski definition) is 6. The predicted octanol–water partition coefficient (Wildman–Crippen LogP) is 2.51. The van der Waals surface area contributed by atoms with Crippen molar-refractivity contribution < 1.29 is 19.5 Å². The van der Waals surface area contributed by atoms with Crippen LogP contribution in [0, 0.1) is 12.8 Å². The van der Waals surface area contributed by atoms with E-state index in [1.165, 1.54) is 0 Å². The molecule has 1 atom stereocenters. The number of phenolic OH excluding ortho intramolecular Hbond substituents is 1. The fraction of sp³-hybridized carbons (Fsp3) is 0.423. The lowest BCUT2D eigenvalue weighted by molar-refractivity contribution is -0.132. The zero-order valence-electron chi connectivity index (χ0n) is 19.8. The highest BCUT2D eigenvalue weighted by molar-refractivity contribution is 5.94. The zero-order chi connectivity index (χ0) is 24.2. The highest BCUT2D eigenvalue weighted by atomic mass is 16.3. The predicted molar refractivity (Wildman–Crippen MR) is 131 cm³/mol. The minimum absolute atomic E-state index is 0.0480. The number of nitrogens with one attached hydrogen (secondary N) is 1. The number of Topliss-reactive ketones (excluding diaryl/α,β-unsaturated/α-hetero) is 1. The maximum atomic E-state index is 12.9. The van der Waals surface area contributed by atoms with Crippen LogP contribution in [-0.2, 0) is 9.59 Å². The van der Waals surface area contributed by atoms with E-state index in [0.29, 0.717) is 37.4 Å². The van der Waals surface area contributed by atoms with E-state index in [1.807, 2.05) is 36.1 Å². The normalized spacial score (nSPS) is 18.7. The van der Waals surface area contributed by atoms with Gasteiger partial charge in [0, 0.05) is 49.7 Å². The summed E-state index contributed by atoms with van der Waals surface area (Å²) in [5, 5.41) is 12.5. The molecular weight excluding hydrogens is 432 g/mol. The number of carbonyl (C=O) groups is 3. The van der Waals surface area contributed by atoms with Crippen LogP contribution in [0.2, 0.25) is 0 Å². The molecular formula is C26H32N4O4. The Bertz CT molecular complexity index is 1060. The summed E-state index contributed by atoms with van der Waals surface area (Å²) in [7, 11) is 0. The van der Waals surface area contributed by atoms with E-state index in [2.05, 4.69) is 15.1 Å². The van der Waals surface area contributed by atoms with Gasteiger partial charge < -0.3 is 20.2 Å². The van der Waals surface area contributed by atoms with E-state index < -0.39 is 0 Å². The Kier molecular flexibility index (Phi) is 7.17. The van der Waals surface area contributed by atoms with Crippen molar-refractivity contribution in [3.8, 4) is 5.75 Å². The molecule has 0 spiro atoms. The van der Waals surface area contributed by atoms with Gasteiger partial charge in [-0.2, -0.15) is 0 Å². The van der Waals surface area contributed by atoms with E-state index >= 15 is 0 Å². The highest BCUT2D eigenvalue weighted by Crippen LogP contribution is 2.23. The van der Waals surface area contributed by atoms with Crippen LogP contribution >= 0.6 is 0 Å². The second-order valence-corrected chi connectivity index (χ2v) is 9.18. The Morgan fingerprint density at radius 2 is 1.71 bits per heavy atom. The van der Waals surface area contributed by atoms with Gasteiger partial charge in [-0.15, -0.1) is 0 Å². The van der Waals surface area contributed by atoms with Crippen molar-refractivity contribution >= 4 is 29.0 Å². The van der Waals surface area contributed by atoms with Gasteiger partial charge in [-0.05, 0) is 74.8 Å². The van der Waals surface area contributed by atoms with Gasteiger partial charge in [0.1, 0.15) is 5.75 Å². The Hall–Kier alpha value is -3.39. The number of anilines is 2. The van der Waals surface area contributed by atoms with Crippen molar-refractivity contribution in [1.82, 2.24) is 9.80 Å². The number of ketones is 1. The first kappa shape index (κ1) is 23.8. The summed E-state index contributed by atoms with van der Waals surface area (Å²) in [6.45, 7) is 7.84. The van der Waals surface area contributed by atoms with Crippen LogP contribution in [0.25, 0.3) is 0 Å². The van der Waals surface area contributed by atoms with Crippen molar-refractivity contribution in [3.63, 3.8) is 0 Å². The van der Waals surface area contributed by atoms with Crippen LogP contribution in [0.5, 0.6) is 5.75 Å². The summed E-state index contributed by atoms with van der Waals surface area (Å²) in [6, 6.07) is 12.5. The minimum atomic E-state index is -0.157. The average molecular weight is 465 g/mol. The topological polar surface area (TPSA) is 93.2 Å². The second kappa shape index (κ2) is 10.3. The van der Waals surface area contributed by atoms with E-state index in [0.717, 1.165) is 37.3 Å². The van der Waals surface area contributed by atoms with Crippen molar-refractivity contribution in [2.75, 3.05) is 56.0 Å². The summed E-state index contributed by atoms with van der Waals surface area (Å²) in [6.07, 6.45) is 0.723. The molecule has 2 aliphatic heterocycles. The number of nitrogens with zero attached hydrogens (tertiary/aromatic N) is 3. The van der Waals surface area contributed by atoms with Crippen molar-refractivity contribution in [2.45, 2.75) is 20.3 Å².